The van der Waals surface area contributed by atoms with Crippen molar-refractivity contribution in [3.05, 3.63) is 40.2 Å². The van der Waals surface area contributed by atoms with E-state index in [9.17, 15) is 18.0 Å². The van der Waals surface area contributed by atoms with Crippen molar-refractivity contribution in [3.8, 4) is 0 Å². The SMILES string of the molecule is NC(=O)c1cc(=O)[nH]c2ccc(S(=O)(=O)N3CCCCC3)cc12. The lowest BCUT2D eigenvalue weighted by molar-refractivity contribution is 0.100. The number of aromatic nitrogens is 1. The van der Waals surface area contributed by atoms with Crippen LogP contribution in [0.15, 0.2) is 34.0 Å². The number of sulfonamides is 1. The molecule has 1 aromatic carbocycles. The fourth-order valence-electron chi connectivity index (χ4n) is 2.85. The number of nitrogens with zero attached hydrogens (tertiary/aromatic N) is 1. The Hall–Kier alpha value is -2.19. The Labute approximate surface area is 133 Å². The number of H-pyrrole nitrogens is 1. The fourth-order valence-corrected chi connectivity index (χ4v) is 4.40. The highest BCUT2D eigenvalue weighted by Crippen LogP contribution is 2.24. The van der Waals surface area contributed by atoms with E-state index in [4.69, 9.17) is 5.73 Å². The summed E-state index contributed by atoms with van der Waals surface area (Å²) in [5.41, 5.74) is 5.23. The van der Waals surface area contributed by atoms with Gasteiger partial charge in [-0.15, -0.1) is 0 Å². The Morgan fingerprint density at radius 1 is 1.13 bits per heavy atom. The molecule has 1 saturated heterocycles. The van der Waals surface area contributed by atoms with E-state index in [1.807, 2.05) is 0 Å². The number of piperidine rings is 1. The molecule has 1 fully saturated rings. The van der Waals surface area contributed by atoms with Gasteiger partial charge in [0.05, 0.1) is 10.5 Å². The minimum Gasteiger partial charge on any atom is -0.366 e. The van der Waals surface area contributed by atoms with Crippen molar-refractivity contribution >= 4 is 26.8 Å². The largest absolute Gasteiger partial charge is 0.366 e. The Kier molecular flexibility index (Phi) is 3.95. The highest BCUT2D eigenvalue weighted by Gasteiger charge is 2.26. The molecular formula is C15H17N3O4S. The average Bonchev–Trinajstić information content (AvgIpc) is 2.54. The predicted molar refractivity (Wildman–Crippen MR) is 85.7 cm³/mol. The number of amides is 1. The number of hydrogen-bond donors (Lipinski definition) is 2. The smallest absolute Gasteiger partial charge is 0.249 e. The number of fused-ring (bicyclic) bond motifs is 1. The normalized spacial score (nSPS) is 16.5. The topological polar surface area (TPSA) is 113 Å². The van der Waals surface area contributed by atoms with E-state index in [-0.39, 0.29) is 10.5 Å². The Morgan fingerprint density at radius 3 is 2.48 bits per heavy atom. The van der Waals surface area contributed by atoms with Crippen molar-refractivity contribution in [3.63, 3.8) is 0 Å². The quantitative estimate of drug-likeness (QED) is 0.863. The molecule has 3 N–H and O–H groups in total. The van der Waals surface area contributed by atoms with E-state index >= 15 is 0 Å². The number of carbonyl (C=O) groups is 1. The zero-order chi connectivity index (χ0) is 16.6. The predicted octanol–water partition coefficient (Wildman–Crippen LogP) is 0.802. The van der Waals surface area contributed by atoms with Gasteiger partial charge in [-0.1, -0.05) is 6.42 Å². The molecule has 2 heterocycles. The van der Waals surface area contributed by atoms with Crippen LogP contribution in [0.5, 0.6) is 0 Å². The van der Waals surface area contributed by atoms with Gasteiger partial charge in [-0.3, -0.25) is 9.59 Å². The Balaban J connectivity index is 2.16. The summed E-state index contributed by atoms with van der Waals surface area (Å²) in [4.78, 5) is 25.8. The van der Waals surface area contributed by atoms with Gasteiger partial charge in [0.15, 0.2) is 0 Å². The van der Waals surface area contributed by atoms with Crippen molar-refractivity contribution in [2.75, 3.05) is 13.1 Å². The minimum atomic E-state index is -3.62. The number of hydrogen-bond acceptors (Lipinski definition) is 4. The third kappa shape index (κ3) is 2.87. The number of nitrogens with one attached hydrogen (secondary N) is 1. The maximum Gasteiger partial charge on any atom is 0.249 e. The highest BCUT2D eigenvalue weighted by atomic mass is 32.2. The van der Waals surface area contributed by atoms with Crippen LogP contribution < -0.4 is 11.3 Å². The molecule has 0 bridgehead atoms. The summed E-state index contributed by atoms with van der Waals surface area (Å²) in [5, 5.41) is 0.329. The molecule has 122 valence electrons. The van der Waals surface area contributed by atoms with Gasteiger partial charge in [0.25, 0.3) is 0 Å². The van der Waals surface area contributed by atoms with Gasteiger partial charge in [0.1, 0.15) is 0 Å². The molecule has 0 spiro atoms. The van der Waals surface area contributed by atoms with Gasteiger partial charge in [0, 0.05) is 30.1 Å². The van der Waals surface area contributed by atoms with Crippen LogP contribution in [0, 0.1) is 0 Å². The molecular weight excluding hydrogens is 318 g/mol. The van der Waals surface area contributed by atoms with E-state index in [1.165, 1.54) is 22.5 Å². The summed E-state index contributed by atoms with van der Waals surface area (Å²) in [7, 11) is -3.62. The van der Waals surface area contributed by atoms with Crippen LogP contribution in [-0.2, 0) is 10.0 Å². The number of rotatable bonds is 3. The Morgan fingerprint density at radius 2 is 1.83 bits per heavy atom. The second-order valence-corrected chi connectivity index (χ2v) is 7.52. The van der Waals surface area contributed by atoms with Gasteiger partial charge in [-0.05, 0) is 31.0 Å². The van der Waals surface area contributed by atoms with Crippen molar-refractivity contribution in [2.24, 2.45) is 5.73 Å². The summed E-state index contributed by atoms with van der Waals surface area (Å²) in [6, 6.07) is 5.41. The molecule has 0 radical (unpaired) electrons. The lowest BCUT2D eigenvalue weighted by Crippen LogP contribution is -2.35. The highest BCUT2D eigenvalue weighted by molar-refractivity contribution is 7.89. The Bertz CT molecular complexity index is 927. The molecule has 0 saturated carbocycles. The number of aromatic amines is 1. The first kappa shape index (κ1) is 15.7. The molecule has 23 heavy (non-hydrogen) atoms. The van der Waals surface area contributed by atoms with Gasteiger partial charge in [-0.2, -0.15) is 4.31 Å². The van der Waals surface area contributed by atoms with Crippen LogP contribution in [0.2, 0.25) is 0 Å². The first-order chi connectivity index (χ1) is 10.9. The minimum absolute atomic E-state index is 0.0134. The van der Waals surface area contributed by atoms with Crippen LogP contribution in [0.4, 0.5) is 0 Å². The second-order valence-electron chi connectivity index (χ2n) is 5.58. The molecule has 0 aliphatic carbocycles. The molecule has 3 rings (SSSR count). The summed E-state index contributed by atoms with van der Waals surface area (Å²) in [6.07, 6.45) is 2.70. The summed E-state index contributed by atoms with van der Waals surface area (Å²) >= 11 is 0. The van der Waals surface area contributed by atoms with Crippen LogP contribution in [0.25, 0.3) is 10.9 Å². The van der Waals surface area contributed by atoms with Crippen LogP contribution >= 0.6 is 0 Å². The van der Waals surface area contributed by atoms with E-state index in [0.29, 0.717) is 24.0 Å². The van der Waals surface area contributed by atoms with Gasteiger partial charge >= 0.3 is 0 Å². The molecule has 2 aromatic rings. The monoisotopic (exact) mass is 335 g/mol. The zero-order valence-electron chi connectivity index (χ0n) is 12.4. The number of nitrogens with two attached hydrogens (primary N) is 1. The van der Waals surface area contributed by atoms with E-state index in [1.54, 1.807) is 0 Å². The third-order valence-electron chi connectivity index (χ3n) is 4.03. The van der Waals surface area contributed by atoms with Crippen LogP contribution in [-0.4, -0.2) is 36.7 Å². The number of carbonyl (C=O) groups excluding carboxylic acids is 1. The van der Waals surface area contributed by atoms with Crippen LogP contribution in [0.3, 0.4) is 0 Å². The fraction of sp³-hybridized carbons (Fsp3) is 0.333. The number of benzene rings is 1. The molecule has 1 amide bonds. The van der Waals surface area contributed by atoms with E-state index in [2.05, 4.69) is 4.98 Å². The van der Waals surface area contributed by atoms with Gasteiger partial charge in [0.2, 0.25) is 21.5 Å². The second kappa shape index (κ2) is 5.78. The molecule has 7 nitrogen and oxygen atoms in total. The number of primary amides is 1. The number of pyridine rings is 1. The van der Waals surface area contributed by atoms with Gasteiger partial charge in [-0.25, -0.2) is 8.42 Å². The zero-order valence-corrected chi connectivity index (χ0v) is 13.2. The summed E-state index contributed by atoms with van der Waals surface area (Å²) < 4.78 is 26.9. The molecule has 1 aliphatic heterocycles. The molecule has 1 aromatic heterocycles. The van der Waals surface area contributed by atoms with Gasteiger partial charge < -0.3 is 10.7 Å². The van der Waals surface area contributed by atoms with Crippen molar-refractivity contribution in [1.29, 1.82) is 0 Å². The molecule has 0 unspecified atom stereocenters. The molecule has 8 heteroatoms. The first-order valence-corrected chi connectivity index (χ1v) is 8.80. The maximum atomic E-state index is 12.7. The third-order valence-corrected chi connectivity index (χ3v) is 5.93. The maximum absolute atomic E-state index is 12.7. The first-order valence-electron chi connectivity index (χ1n) is 7.36. The van der Waals surface area contributed by atoms with Crippen molar-refractivity contribution in [1.82, 2.24) is 9.29 Å². The van der Waals surface area contributed by atoms with Crippen molar-refractivity contribution < 1.29 is 13.2 Å². The average molecular weight is 335 g/mol. The van der Waals surface area contributed by atoms with Crippen LogP contribution in [0.1, 0.15) is 29.6 Å². The van der Waals surface area contributed by atoms with E-state index in [0.717, 1.165) is 25.3 Å². The lowest BCUT2D eigenvalue weighted by atomic mass is 10.1. The molecule has 1 aliphatic rings. The standard InChI is InChI=1S/C15H17N3O4S/c16-15(20)12-9-14(19)17-13-5-4-10(8-11(12)13)23(21,22)18-6-2-1-3-7-18/h4-5,8-9H,1-3,6-7H2,(H2,16,20)(H,17,19). The summed E-state index contributed by atoms with van der Waals surface area (Å²) in [5.74, 6) is -0.770. The van der Waals surface area contributed by atoms with Crippen molar-refractivity contribution in [2.45, 2.75) is 24.2 Å². The molecule has 0 atom stereocenters. The summed E-state index contributed by atoms with van der Waals surface area (Å²) in [6.45, 7) is 0.989. The lowest BCUT2D eigenvalue weighted by Gasteiger charge is -2.26. The van der Waals surface area contributed by atoms with E-state index < -0.39 is 21.5 Å².